The first-order valence-electron chi connectivity index (χ1n) is 49.4. The summed E-state index contributed by atoms with van der Waals surface area (Å²) in [5.41, 5.74) is 0. The summed E-state index contributed by atoms with van der Waals surface area (Å²) in [6, 6.07) is 0. The maximum Gasteiger partial charge on any atom is -0.0533 e. The molecular formula is C99H200. The van der Waals surface area contributed by atoms with Gasteiger partial charge in [-0.3, -0.25) is 0 Å². The molecule has 0 saturated heterocycles. The van der Waals surface area contributed by atoms with Crippen LogP contribution in [0.2, 0.25) is 0 Å². The second-order valence-electron chi connectivity index (χ2n) is 34.6. The van der Waals surface area contributed by atoms with Gasteiger partial charge in [-0.25, -0.2) is 0 Å². The average Bonchev–Trinajstić information content (AvgIpc) is 3.64. The van der Waals surface area contributed by atoms with Gasteiger partial charge >= 0.3 is 0 Å². The highest BCUT2D eigenvalue weighted by Crippen LogP contribution is 2.23. The minimum absolute atomic E-state index is 1.37. The van der Waals surface area contributed by atoms with Gasteiger partial charge in [-0.1, -0.05) is 637 Å². The monoisotopic (exact) mass is 1390 g/mol. The highest BCUT2D eigenvalue weighted by molar-refractivity contribution is 4.59. The molecule has 0 aromatic rings. The van der Waals surface area contributed by atoms with Crippen molar-refractivity contribution in [3.8, 4) is 0 Å². The van der Waals surface area contributed by atoms with Crippen LogP contribution in [-0.4, -0.2) is 0 Å². The summed E-state index contributed by atoms with van der Waals surface area (Å²) >= 11 is 0. The van der Waals surface area contributed by atoms with Crippen molar-refractivity contribution in [1.82, 2.24) is 0 Å². The largest absolute Gasteiger partial charge is 0.0654 e. The van der Waals surface area contributed by atoms with Crippen molar-refractivity contribution in [1.29, 1.82) is 0 Å². The minimum atomic E-state index is 1.37. The van der Waals surface area contributed by atoms with Crippen LogP contribution >= 0.6 is 0 Å². The lowest BCUT2D eigenvalue weighted by molar-refractivity contribution is 0.505. The van der Waals surface area contributed by atoms with Gasteiger partial charge in [0.25, 0.3) is 0 Å². The van der Waals surface area contributed by atoms with E-state index in [1.54, 1.807) is 0 Å². The standard InChI is InChI=1S/C99H200/c1-3-5-7-9-11-13-15-17-19-21-23-25-27-29-31-33-35-37-39-41-43-45-47-49-51-53-55-57-59-61-63-65-67-69-71-73-75-77-79-81-83-85-87-89-91-93-95-97-99-98-96-94-92-90-88-86-84-82-80-78-76-74-72-70-68-66-64-62-60-58-56-54-52-50-48-46-44-42-40-38-36-34-32-30-28-26-24-22-20-18-16-14-12-10-8-6-4-2/h3-99H2,1-2H3. The number of hydrogen-bond donors (Lipinski definition) is 0. The van der Waals surface area contributed by atoms with Gasteiger partial charge in [0.1, 0.15) is 0 Å². The Morgan fingerprint density at radius 1 is 0.0505 bits per heavy atom. The maximum absolute atomic E-state index is 2.32. The summed E-state index contributed by atoms with van der Waals surface area (Å²) < 4.78 is 0. The summed E-state index contributed by atoms with van der Waals surface area (Å²) in [7, 11) is 0. The zero-order valence-electron chi connectivity index (χ0n) is 70.6. The lowest BCUT2D eigenvalue weighted by atomic mass is 10.0. The summed E-state index contributed by atoms with van der Waals surface area (Å²) in [5, 5.41) is 0. The lowest BCUT2D eigenvalue weighted by Gasteiger charge is -2.05. The summed E-state index contributed by atoms with van der Waals surface area (Å²) in [6.45, 7) is 4.63. The number of rotatable bonds is 96. The molecule has 0 rings (SSSR count). The van der Waals surface area contributed by atoms with Crippen LogP contribution in [0, 0.1) is 0 Å². The Morgan fingerprint density at radius 3 is 0.111 bits per heavy atom. The summed E-state index contributed by atoms with van der Waals surface area (Å²) in [4.78, 5) is 0. The third-order valence-corrected chi connectivity index (χ3v) is 24.2. The molecule has 99 heavy (non-hydrogen) atoms. The van der Waals surface area contributed by atoms with E-state index in [9.17, 15) is 0 Å². The summed E-state index contributed by atoms with van der Waals surface area (Å²) in [6.07, 6.45) is 145. The lowest BCUT2D eigenvalue weighted by Crippen LogP contribution is -1.85. The third kappa shape index (κ3) is 98.0. The first-order chi connectivity index (χ1) is 49.4. The second kappa shape index (κ2) is 98.0. The molecule has 0 heteroatoms. The van der Waals surface area contributed by atoms with E-state index in [1.807, 2.05) is 0 Å². The van der Waals surface area contributed by atoms with E-state index in [0.717, 1.165) is 0 Å². The predicted molar refractivity (Wildman–Crippen MR) is 459 cm³/mol. The van der Waals surface area contributed by atoms with Crippen LogP contribution in [0.3, 0.4) is 0 Å². The normalized spacial score (nSPS) is 11.8. The topological polar surface area (TPSA) is 0 Å². The van der Waals surface area contributed by atoms with Crippen molar-refractivity contribution >= 4 is 0 Å². The molecule has 0 amide bonds. The first-order valence-corrected chi connectivity index (χ1v) is 49.4. The second-order valence-corrected chi connectivity index (χ2v) is 34.6. The van der Waals surface area contributed by atoms with Gasteiger partial charge in [-0.2, -0.15) is 0 Å². The SMILES string of the molecule is CCCCCCCCCCCCCCCCCCCCCCCCCCCCCCCCCCCCCCCCCCCCCCCCCCCCCCCCCCCCCCCCCCCCCCCCCCCCCCCCCCCCCCCCCCCCCCCCCCC. The third-order valence-electron chi connectivity index (χ3n) is 24.2. The van der Waals surface area contributed by atoms with E-state index in [-0.39, 0.29) is 0 Å². The predicted octanol–water partition coefficient (Wildman–Crippen LogP) is 38.9. The van der Waals surface area contributed by atoms with Gasteiger partial charge < -0.3 is 0 Å². The summed E-state index contributed by atoms with van der Waals surface area (Å²) in [5.74, 6) is 0. The highest BCUT2D eigenvalue weighted by atomic mass is 14.1. The number of hydrogen-bond acceptors (Lipinski definition) is 0. The highest BCUT2D eigenvalue weighted by Gasteiger charge is 2.04. The Morgan fingerprint density at radius 2 is 0.0808 bits per heavy atom. The van der Waals surface area contributed by atoms with Crippen molar-refractivity contribution < 1.29 is 0 Å². The van der Waals surface area contributed by atoms with Crippen LogP contribution in [0.5, 0.6) is 0 Å². The molecule has 0 saturated carbocycles. The molecule has 0 spiro atoms. The molecule has 596 valence electrons. The molecule has 0 nitrogen and oxygen atoms in total. The van der Waals surface area contributed by atoms with Crippen LogP contribution in [0.15, 0.2) is 0 Å². The van der Waals surface area contributed by atoms with Crippen molar-refractivity contribution in [3.05, 3.63) is 0 Å². The van der Waals surface area contributed by atoms with E-state index < -0.39 is 0 Å². The molecule has 0 unspecified atom stereocenters. The fourth-order valence-corrected chi connectivity index (χ4v) is 16.9. The zero-order chi connectivity index (χ0) is 70.6. The molecule has 0 aliphatic carbocycles. The molecule has 0 aromatic carbocycles. The van der Waals surface area contributed by atoms with Crippen LogP contribution in [0.25, 0.3) is 0 Å². The Labute approximate surface area is 633 Å². The van der Waals surface area contributed by atoms with E-state index >= 15 is 0 Å². The molecule has 0 fully saturated rings. The van der Waals surface area contributed by atoms with Crippen LogP contribution in [-0.2, 0) is 0 Å². The van der Waals surface area contributed by atoms with Crippen LogP contribution in [0.4, 0.5) is 0 Å². The van der Waals surface area contributed by atoms with Crippen molar-refractivity contribution in [2.75, 3.05) is 0 Å². The Kier molecular flexibility index (Phi) is 98.0. The minimum Gasteiger partial charge on any atom is -0.0654 e. The molecule has 0 aliphatic rings. The fourth-order valence-electron chi connectivity index (χ4n) is 16.9. The molecule has 0 bridgehead atoms. The van der Waals surface area contributed by atoms with Gasteiger partial charge in [0, 0.05) is 0 Å². The smallest absolute Gasteiger partial charge is 0.0533 e. The van der Waals surface area contributed by atoms with E-state index in [0.29, 0.717) is 0 Å². The molecule has 0 aliphatic heterocycles. The van der Waals surface area contributed by atoms with Gasteiger partial charge in [0.15, 0.2) is 0 Å². The van der Waals surface area contributed by atoms with Gasteiger partial charge in [0.05, 0.1) is 0 Å². The van der Waals surface area contributed by atoms with Crippen LogP contribution < -0.4 is 0 Å². The fraction of sp³-hybridized carbons (Fsp3) is 1.00. The van der Waals surface area contributed by atoms with E-state index in [2.05, 4.69) is 13.8 Å². The van der Waals surface area contributed by atoms with Crippen molar-refractivity contribution in [2.24, 2.45) is 0 Å². The van der Waals surface area contributed by atoms with E-state index in [1.165, 1.54) is 623 Å². The van der Waals surface area contributed by atoms with Gasteiger partial charge in [-0.15, -0.1) is 0 Å². The molecule has 0 radical (unpaired) electrons. The Hall–Kier alpha value is 0. The average molecular weight is 1390 g/mol. The molecule has 0 heterocycles. The van der Waals surface area contributed by atoms with Crippen molar-refractivity contribution in [2.45, 2.75) is 637 Å². The molecule has 0 aromatic heterocycles. The number of unbranched alkanes of at least 4 members (excludes halogenated alkanes) is 96. The van der Waals surface area contributed by atoms with Gasteiger partial charge in [0.2, 0.25) is 0 Å². The van der Waals surface area contributed by atoms with Crippen molar-refractivity contribution in [3.63, 3.8) is 0 Å². The zero-order valence-corrected chi connectivity index (χ0v) is 70.6. The Bertz CT molecular complexity index is 1180. The molecular weight excluding hydrogens is 1190 g/mol. The van der Waals surface area contributed by atoms with Crippen LogP contribution in [0.1, 0.15) is 637 Å². The molecule has 0 N–H and O–H groups in total. The quantitative estimate of drug-likeness (QED) is 0.0533. The maximum atomic E-state index is 2.32. The molecule has 0 atom stereocenters. The Balaban J connectivity index is 3.09. The first kappa shape index (κ1) is 99.0. The van der Waals surface area contributed by atoms with E-state index in [4.69, 9.17) is 0 Å². The van der Waals surface area contributed by atoms with Gasteiger partial charge in [-0.05, 0) is 0 Å².